The Morgan fingerprint density at radius 2 is 2.12 bits per heavy atom. The molecule has 0 N–H and O–H groups in total. The summed E-state index contributed by atoms with van der Waals surface area (Å²) in [7, 11) is 1.26. The molecule has 1 heterocycles. The Morgan fingerprint density at radius 1 is 1.35 bits per heavy atom. The lowest BCUT2D eigenvalue weighted by Gasteiger charge is -1.95. The van der Waals surface area contributed by atoms with E-state index < -0.39 is 5.97 Å². The van der Waals surface area contributed by atoms with E-state index in [0.29, 0.717) is 9.90 Å². The summed E-state index contributed by atoms with van der Waals surface area (Å²) in [6.07, 6.45) is -0.225. The van der Waals surface area contributed by atoms with E-state index in [9.17, 15) is 9.59 Å². The fourth-order valence-corrected chi connectivity index (χ4v) is 2.71. The van der Waals surface area contributed by atoms with Crippen LogP contribution in [0.4, 0.5) is 0 Å². The molecular formula is C12H9ClO3S. The number of thiophene rings is 1. The molecule has 88 valence electrons. The first-order valence-electron chi connectivity index (χ1n) is 4.89. The van der Waals surface area contributed by atoms with Crippen molar-refractivity contribution in [2.45, 2.75) is 6.42 Å². The van der Waals surface area contributed by atoms with Crippen molar-refractivity contribution >= 4 is 44.8 Å². The highest BCUT2D eigenvalue weighted by Gasteiger charge is 2.14. The van der Waals surface area contributed by atoms with Gasteiger partial charge in [-0.25, -0.2) is 0 Å². The molecule has 0 amide bonds. The van der Waals surface area contributed by atoms with E-state index in [-0.39, 0.29) is 12.2 Å². The molecule has 0 spiro atoms. The molecule has 3 nitrogen and oxygen atoms in total. The number of halogens is 1. The van der Waals surface area contributed by atoms with Crippen molar-refractivity contribution in [1.82, 2.24) is 0 Å². The molecule has 0 saturated heterocycles. The SMILES string of the molecule is COC(=O)CC(=O)c1cc2ccc(Cl)cc2s1. The van der Waals surface area contributed by atoms with Crippen LogP contribution in [0.25, 0.3) is 10.1 Å². The summed E-state index contributed by atoms with van der Waals surface area (Å²) < 4.78 is 5.40. The van der Waals surface area contributed by atoms with Crippen LogP contribution in [0.2, 0.25) is 5.02 Å². The van der Waals surface area contributed by atoms with Crippen molar-refractivity contribution in [2.75, 3.05) is 7.11 Å². The topological polar surface area (TPSA) is 43.4 Å². The number of methoxy groups -OCH3 is 1. The van der Waals surface area contributed by atoms with Crippen molar-refractivity contribution in [1.29, 1.82) is 0 Å². The van der Waals surface area contributed by atoms with Gasteiger partial charge in [-0.2, -0.15) is 0 Å². The van der Waals surface area contributed by atoms with Crippen LogP contribution in [0.1, 0.15) is 16.1 Å². The summed E-state index contributed by atoms with van der Waals surface area (Å²) in [5, 5.41) is 1.58. The molecule has 0 radical (unpaired) electrons. The zero-order valence-electron chi connectivity index (χ0n) is 9.03. The first kappa shape index (κ1) is 12.1. The summed E-state index contributed by atoms with van der Waals surface area (Å²) in [4.78, 5) is 23.3. The predicted molar refractivity (Wildman–Crippen MR) is 67.8 cm³/mol. The average Bonchev–Trinajstić information content (AvgIpc) is 2.71. The predicted octanol–water partition coefficient (Wildman–Crippen LogP) is 3.30. The van der Waals surface area contributed by atoms with Gasteiger partial charge in [0.1, 0.15) is 6.42 Å². The number of hydrogen-bond acceptors (Lipinski definition) is 4. The molecule has 0 atom stereocenters. The van der Waals surface area contributed by atoms with Crippen LogP contribution in [0.5, 0.6) is 0 Å². The third kappa shape index (κ3) is 2.65. The van der Waals surface area contributed by atoms with Crippen LogP contribution >= 0.6 is 22.9 Å². The quantitative estimate of drug-likeness (QED) is 0.487. The smallest absolute Gasteiger partial charge is 0.313 e. The van der Waals surface area contributed by atoms with Crippen LogP contribution in [0.3, 0.4) is 0 Å². The molecule has 0 saturated carbocycles. The number of fused-ring (bicyclic) bond motifs is 1. The lowest BCUT2D eigenvalue weighted by molar-refractivity contribution is -0.139. The minimum Gasteiger partial charge on any atom is -0.469 e. The monoisotopic (exact) mass is 268 g/mol. The van der Waals surface area contributed by atoms with E-state index in [1.165, 1.54) is 18.4 Å². The van der Waals surface area contributed by atoms with Gasteiger partial charge in [0.25, 0.3) is 0 Å². The highest BCUT2D eigenvalue weighted by Crippen LogP contribution is 2.28. The van der Waals surface area contributed by atoms with E-state index in [2.05, 4.69) is 4.74 Å². The summed E-state index contributed by atoms with van der Waals surface area (Å²) in [6.45, 7) is 0. The van der Waals surface area contributed by atoms with E-state index in [4.69, 9.17) is 11.6 Å². The third-order valence-corrected chi connectivity index (χ3v) is 3.66. The lowest BCUT2D eigenvalue weighted by atomic mass is 10.2. The van der Waals surface area contributed by atoms with Gasteiger partial charge < -0.3 is 4.74 Å². The van der Waals surface area contributed by atoms with Gasteiger partial charge in [0.05, 0.1) is 12.0 Å². The number of carbonyl (C=O) groups is 2. The van der Waals surface area contributed by atoms with Crippen LogP contribution in [0, 0.1) is 0 Å². The summed E-state index contributed by atoms with van der Waals surface area (Å²) >= 11 is 7.19. The molecule has 0 aliphatic carbocycles. The van der Waals surface area contributed by atoms with Gasteiger partial charge in [-0.3, -0.25) is 9.59 Å². The Bertz CT molecular complexity index is 588. The standard InChI is InChI=1S/C12H9ClO3S/c1-16-12(15)6-9(14)11-4-7-2-3-8(13)5-10(7)17-11/h2-5H,6H2,1H3. The third-order valence-electron chi connectivity index (χ3n) is 2.29. The Kier molecular flexibility index (Phi) is 3.45. The largest absolute Gasteiger partial charge is 0.469 e. The van der Waals surface area contributed by atoms with Gasteiger partial charge in [-0.1, -0.05) is 17.7 Å². The van der Waals surface area contributed by atoms with Crippen molar-refractivity contribution in [2.24, 2.45) is 0 Å². The van der Waals surface area contributed by atoms with Crippen molar-refractivity contribution in [3.05, 3.63) is 34.2 Å². The molecule has 17 heavy (non-hydrogen) atoms. The molecular weight excluding hydrogens is 260 g/mol. The molecule has 0 unspecified atom stereocenters. The van der Waals surface area contributed by atoms with Gasteiger partial charge in [0, 0.05) is 9.72 Å². The van der Waals surface area contributed by atoms with Crippen LogP contribution < -0.4 is 0 Å². The van der Waals surface area contributed by atoms with Crippen LogP contribution in [0.15, 0.2) is 24.3 Å². The van der Waals surface area contributed by atoms with Crippen molar-refractivity contribution in [3.63, 3.8) is 0 Å². The van der Waals surface area contributed by atoms with E-state index in [1.807, 2.05) is 6.07 Å². The Labute approximate surface area is 107 Å². The maximum atomic E-state index is 11.7. The van der Waals surface area contributed by atoms with Crippen LogP contribution in [-0.4, -0.2) is 18.9 Å². The molecule has 1 aromatic carbocycles. The van der Waals surface area contributed by atoms with E-state index in [0.717, 1.165) is 10.1 Å². The second-order valence-corrected chi connectivity index (χ2v) is 4.99. The maximum Gasteiger partial charge on any atom is 0.313 e. The average molecular weight is 269 g/mol. The summed E-state index contributed by atoms with van der Waals surface area (Å²) in [5.41, 5.74) is 0. The summed E-state index contributed by atoms with van der Waals surface area (Å²) in [5.74, 6) is -0.750. The number of esters is 1. The second-order valence-electron chi connectivity index (χ2n) is 3.47. The zero-order valence-corrected chi connectivity index (χ0v) is 10.6. The van der Waals surface area contributed by atoms with Crippen LogP contribution in [-0.2, 0) is 9.53 Å². The molecule has 0 fully saturated rings. The highest BCUT2D eigenvalue weighted by molar-refractivity contribution is 7.20. The number of ketones is 1. The number of carbonyl (C=O) groups excluding carboxylic acids is 2. The van der Waals surface area contributed by atoms with Gasteiger partial charge >= 0.3 is 5.97 Å². The van der Waals surface area contributed by atoms with Gasteiger partial charge in [0.15, 0.2) is 5.78 Å². The minimum absolute atomic E-state index is 0.225. The minimum atomic E-state index is -0.523. The second kappa shape index (κ2) is 4.85. The number of hydrogen-bond donors (Lipinski definition) is 0. The first-order chi connectivity index (χ1) is 8.10. The first-order valence-corrected chi connectivity index (χ1v) is 6.08. The Morgan fingerprint density at radius 3 is 2.82 bits per heavy atom. The van der Waals surface area contributed by atoms with E-state index >= 15 is 0 Å². The van der Waals surface area contributed by atoms with Gasteiger partial charge in [-0.05, 0) is 23.6 Å². The fraction of sp³-hybridized carbons (Fsp3) is 0.167. The molecule has 0 aliphatic rings. The number of rotatable bonds is 3. The van der Waals surface area contributed by atoms with Crippen molar-refractivity contribution < 1.29 is 14.3 Å². The molecule has 0 aliphatic heterocycles. The molecule has 5 heteroatoms. The van der Waals surface area contributed by atoms with Gasteiger partial charge in [0.2, 0.25) is 0 Å². The number of ether oxygens (including phenoxy) is 1. The maximum absolute atomic E-state index is 11.7. The molecule has 0 bridgehead atoms. The fourth-order valence-electron chi connectivity index (χ4n) is 1.43. The normalized spacial score (nSPS) is 10.5. The Balaban J connectivity index is 2.30. The highest BCUT2D eigenvalue weighted by atomic mass is 35.5. The number of Topliss-reactive ketones (excluding diaryl/α,β-unsaturated/α-hetero) is 1. The Hall–Kier alpha value is -1.39. The zero-order chi connectivity index (χ0) is 12.4. The number of benzene rings is 1. The molecule has 2 rings (SSSR count). The summed E-state index contributed by atoms with van der Waals surface area (Å²) in [6, 6.07) is 7.19. The molecule has 1 aromatic heterocycles. The van der Waals surface area contributed by atoms with Gasteiger partial charge in [-0.15, -0.1) is 11.3 Å². The molecule has 2 aromatic rings. The lowest BCUT2D eigenvalue weighted by Crippen LogP contribution is -2.07. The van der Waals surface area contributed by atoms with Crippen molar-refractivity contribution in [3.8, 4) is 0 Å². The van der Waals surface area contributed by atoms with E-state index in [1.54, 1.807) is 18.2 Å².